The van der Waals surface area contributed by atoms with Crippen LogP contribution in [-0.4, -0.2) is 70.7 Å². The Morgan fingerprint density at radius 1 is 1.24 bits per heavy atom. The second-order valence-electron chi connectivity index (χ2n) is 7.66. The van der Waals surface area contributed by atoms with Gasteiger partial charge < -0.3 is 19.5 Å². The highest BCUT2D eigenvalue weighted by atomic mass is 16.5. The lowest BCUT2D eigenvalue weighted by Gasteiger charge is -2.32. The Morgan fingerprint density at radius 2 is 2.07 bits per heavy atom. The number of hydrogen-bond acceptors (Lipinski definition) is 5. The van der Waals surface area contributed by atoms with Crippen molar-refractivity contribution < 1.29 is 14.3 Å². The predicted octanol–water partition coefficient (Wildman–Crippen LogP) is 1.84. The SMILES string of the molecule is CCN1NC2C=C(N3CCOc4cc(C(=O)N5CCCCC5)[nH]c43)C=CN2C1=O. The van der Waals surface area contributed by atoms with Gasteiger partial charge >= 0.3 is 6.03 Å². The number of hydrazine groups is 1. The number of amides is 3. The van der Waals surface area contributed by atoms with Crippen LogP contribution in [0, 0.1) is 0 Å². The third kappa shape index (κ3) is 3.05. The molecule has 0 aromatic carbocycles. The molecule has 0 radical (unpaired) electrons. The summed E-state index contributed by atoms with van der Waals surface area (Å²) in [6.45, 7) is 5.36. The van der Waals surface area contributed by atoms with E-state index in [-0.39, 0.29) is 18.1 Å². The fourth-order valence-electron chi connectivity index (χ4n) is 4.32. The smallest absolute Gasteiger partial charge is 0.340 e. The maximum absolute atomic E-state index is 12.9. The lowest BCUT2D eigenvalue weighted by atomic mass is 10.1. The largest absolute Gasteiger partial charge is 0.488 e. The summed E-state index contributed by atoms with van der Waals surface area (Å²) in [6.07, 6.45) is 8.86. The fraction of sp³-hybridized carbons (Fsp3) is 0.500. The predicted molar refractivity (Wildman–Crippen MR) is 107 cm³/mol. The van der Waals surface area contributed by atoms with Crippen molar-refractivity contribution in [2.75, 3.05) is 37.7 Å². The number of anilines is 1. The number of carbonyl (C=O) groups excluding carboxylic acids is 2. The zero-order valence-corrected chi connectivity index (χ0v) is 16.6. The van der Waals surface area contributed by atoms with Crippen LogP contribution >= 0.6 is 0 Å². The lowest BCUT2D eigenvalue weighted by Crippen LogP contribution is -2.39. The van der Waals surface area contributed by atoms with Gasteiger partial charge in [0, 0.05) is 37.6 Å². The average Bonchev–Trinajstić information content (AvgIpc) is 3.34. The van der Waals surface area contributed by atoms with E-state index in [4.69, 9.17) is 4.74 Å². The molecule has 29 heavy (non-hydrogen) atoms. The third-order valence-electron chi connectivity index (χ3n) is 5.88. The van der Waals surface area contributed by atoms with Gasteiger partial charge in [-0.3, -0.25) is 14.7 Å². The molecule has 0 aliphatic carbocycles. The number of ether oxygens (including phenoxy) is 1. The Bertz CT molecular complexity index is 885. The quantitative estimate of drug-likeness (QED) is 0.812. The highest BCUT2D eigenvalue weighted by molar-refractivity contribution is 5.94. The van der Waals surface area contributed by atoms with E-state index in [0.29, 0.717) is 31.1 Å². The van der Waals surface area contributed by atoms with Crippen molar-refractivity contribution >= 4 is 17.8 Å². The zero-order chi connectivity index (χ0) is 20.0. The van der Waals surface area contributed by atoms with Crippen molar-refractivity contribution in [3.05, 3.63) is 35.8 Å². The first kappa shape index (κ1) is 18.1. The highest BCUT2D eigenvalue weighted by Crippen LogP contribution is 2.36. The summed E-state index contributed by atoms with van der Waals surface area (Å²) in [4.78, 5) is 34.2. The highest BCUT2D eigenvalue weighted by Gasteiger charge is 2.37. The standard InChI is InChI=1S/C20H26N6O3/c1-2-26-20(28)25-9-6-14(12-17(25)22-26)24-10-11-29-16-13-15(21-18(16)24)19(27)23-7-4-3-5-8-23/h6,9,12-13,17,21-22H,2-5,7-8,10-11H2,1H3. The van der Waals surface area contributed by atoms with Gasteiger partial charge in [-0.05, 0) is 38.3 Å². The molecule has 2 saturated heterocycles. The van der Waals surface area contributed by atoms with Crippen LogP contribution in [0.5, 0.6) is 5.75 Å². The summed E-state index contributed by atoms with van der Waals surface area (Å²) in [5, 5.41) is 1.60. The van der Waals surface area contributed by atoms with Crippen LogP contribution in [0.1, 0.15) is 36.7 Å². The van der Waals surface area contributed by atoms with E-state index in [1.165, 1.54) is 6.42 Å². The van der Waals surface area contributed by atoms with Crippen molar-refractivity contribution in [3.8, 4) is 5.75 Å². The molecule has 2 N–H and O–H groups in total. The number of nitrogens with one attached hydrogen (secondary N) is 2. The van der Waals surface area contributed by atoms with Gasteiger partial charge in [0.25, 0.3) is 5.91 Å². The number of carbonyl (C=O) groups is 2. The maximum Gasteiger partial charge on any atom is 0.340 e. The number of fused-ring (bicyclic) bond motifs is 2. The first-order chi connectivity index (χ1) is 14.2. The number of allylic oxidation sites excluding steroid dienone is 1. The van der Waals surface area contributed by atoms with Crippen LogP contribution in [0.15, 0.2) is 30.1 Å². The molecule has 1 unspecified atom stereocenters. The Balaban J connectivity index is 1.39. The normalized spacial score (nSPS) is 23.7. The number of aromatic nitrogens is 1. The van der Waals surface area contributed by atoms with E-state index in [2.05, 4.69) is 15.3 Å². The lowest BCUT2D eigenvalue weighted by molar-refractivity contribution is 0.0719. The fourth-order valence-corrected chi connectivity index (χ4v) is 4.32. The molecule has 0 spiro atoms. The molecule has 9 nitrogen and oxygen atoms in total. The maximum atomic E-state index is 12.9. The molecule has 1 atom stereocenters. The Morgan fingerprint density at radius 3 is 2.86 bits per heavy atom. The average molecular weight is 398 g/mol. The van der Waals surface area contributed by atoms with E-state index < -0.39 is 0 Å². The molecule has 9 heteroatoms. The van der Waals surface area contributed by atoms with Crippen molar-refractivity contribution in [1.29, 1.82) is 0 Å². The number of rotatable bonds is 3. The molecule has 154 valence electrons. The molecule has 0 bridgehead atoms. The van der Waals surface area contributed by atoms with Gasteiger partial charge in [0.15, 0.2) is 11.6 Å². The van der Waals surface area contributed by atoms with Crippen molar-refractivity contribution in [2.24, 2.45) is 0 Å². The van der Waals surface area contributed by atoms with Gasteiger partial charge in [0.05, 0.1) is 6.54 Å². The molecule has 3 amide bonds. The first-order valence-electron chi connectivity index (χ1n) is 10.3. The minimum Gasteiger partial charge on any atom is -0.488 e. The molecule has 4 aliphatic rings. The van der Waals surface area contributed by atoms with Gasteiger partial charge in [-0.25, -0.2) is 10.2 Å². The molecule has 5 rings (SSSR count). The Hall–Kier alpha value is -2.94. The molecule has 0 saturated carbocycles. The van der Waals surface area contributed by atoms with Crippen LogP contribution in [0.25, 0.3) is 0 Å². The van der Waals surface area contributed by atoms with Crippen molar-refractivity contribution in [1.82, 2.24) is 25.2 Å². The number of likely N-dealkylation sites (tertiary alicyclic amines) is 1. The molecule has 1 aromatic heterocycles. The second kappa shape index (κ2) is 7.14. The second-order valence-corrected chi connectivity index (χ2v) is 7.66. The minimum atomic E-state index is -0.210. The van der Waals surface area contributed by atoms with Crippen LogP contribution in [0.4, 0.5) is 10.6 Å². The Kier molecular flexibility index (Phi) is 4.46. The van der Waals surface area contributed by atoms with Crippen molar-refractivity contribution in [2.45, 2.75) is 32.4 Å². The molecule has 5 heterocycles. The first-order valence-corrected chi connectivity index (χ1v) is 10.3. The van der Waals surface area contributed by atoms with Gasteiger partial charge in [0.2, 0.25) is 0 Å². The minimum absolute atomic E-state index is 0.0311. The summed E-state index contributed by atoms with van der Waals surface area (Å²) in [5.41, 5.74) is 4.74. The zero-order valence-electron chi connectivity index (χ0n) is 16.6. The molecular weight excluding hydrogens is 372 g/mol. The van der Waals surface area contributed by atoms with E-state index in [1.807, 2.05) is 36.2 Å². The van der Waals surface area contributed by atoms with E-state index in [9.17, 15) is 9.59 Å². The van der Waals surface area contributed by atoms with Crippen LogP contribution in [0.3, 0.4) is 0 Å². The molecular formula is C20H26N6O3. The number of H-pyrrole nitrogens is 1. The topological polar surface area (TPSA) is 84.2 Å². The van der Waals surface area contributed by atoms with Gasteiger partial charge in [-0.15, -0.1) is 0 Å². The summed E-state index contributed by atoms with van der Waals surface area (Å²) < 4.78 is 5.82. The summed E-state index contributed by atoms with van der Waals surface area (Å²) in [7, 11) is 0. The van der Waals surface area contributed by atoms with Crippen molar-refractivity contribution in [3.63, 3.8) is 0 Å². The molecule has 4 aliphatic heterocycles. The van der Waals surface area contributed by atoms with E-state index in [0.717, 1.165) is 37.4 Å². The summed E-state index contributed by atoms with van der Waals surface area (Å²) >= 11 is 0. The molecule has 1 aromatic rings. The van der Waals surface area contributed by atoms with Crippen LogP contribution in [-0.2, 0) is 0 Å². The Labute approximate surface area is 169 Å². The number of piperidine rings is 1. The van der Waals surface area contributed by atoms with Crippen LogP contribution in [0.2, 0.25) is 0 Å². The van der Waals surface area contributed by atoms with E-state index >= 15 is 0 Å². The third-order valence-corrected chi connectivity index (χ3v) is 5.88. The summed E-state index contributed by atoms with van der Waals surface area (Å²) in [5.74, 6) is 1.51. The van der Waals surface area contributed by atoms with E-state index in [1.54, 1.807) is 9.91 Å². The van der Waals surface area contributed by atoms with Gasteiger partial charge in [-0.1, -0.05) is 0 Å². The number of nitrogens with zero attached hydrogens (tertiary/aromatic N) is 4. The number of aromatic amines is 1. The monoisotopic (exact) mass is 398 g/mol. The van der Waals surface area contributed by atoms with Gasteiger partial charge in [0.1, 0.15) is 18.5 Å². The number of urea groups is 1. The molecule has 2 fully saturated rings. The van der Waals surface area contributed by atoms with Crippen LogP contribution < -0.4 is 15.1 Å². The summed E-state index contributed by atoms with van der Waals surface area (Å²) in [6, 6.07) is 1.76. The number of hydrogen-bond donors (Lipinski definition) is 2. The van der Waals surface area contributed by atoms with Gasteiger partial charge in [-0.2, -0.15) is 0 Å².